The molecule has 130 valence electrons. The summed E-state index contributed by atoms with van der Waals surface area (Å²) in [6, 6.07) is 5.12. The van der Waals surface area contributed by atoms with Crippen LogP contribution in [0.5, 0.6) is 6.01 Å². The number of anilines is 1. The summed E-state index contributed by atoms with van der Waals surface area (Å²) in [5.41, 5.74) is 1.95. The second-order valence-corrected chi connectivity index (χ2v) is 7.27. The van der Waals surface area contributed by atoms with E-state index in [0.29, 0.717) is 5.95 Å². The number of aryl methyl sites for hydroxylation is 2. The normalized spacial score (nSPS) is 11.4. The van der Waals surface area contributed by atoms with Crippen LogP contribution in [0.4, 0.5) is 5.95 Å². The fourth-order valence-corrected chi connectivity index (χ4v) is 2.95. The number of aromatic nitrogens is 3. The van der Waals surface area contributed by atoms with Gasteiger partial charge in [-0.2, -0.15) is 15.0 Å². The molecule has 0 aliphatic carbocycles. The second-order valence-electron chi connectivity index (χ2n) is 5.50. The lowest BCUT2D eigenvalue weighted by Gasteiger charge is -2.12. The van der Waals surface area contributed by atoms with Crippen LogP contribution in [0.2, 0.25) is 0 Å². The quantitative estimate of drug-likeness (QED) is 0.830. The first-order valence-electron chi connectivity index (χ1n) is 7.26. The van der Waals surface area contributed by atoms with E-state index >= 15 is 0 Å². The SMILES string of the molecule is COc1nc(CNS(=O)(=O)c2ccc(C)c(C)c2)nc(N(C)C)n1. The molecule has 0 atom stereocenters. The van der Waals surface area contributed by atoms with Crippen LogP contribution >= 0.6 is 0 Å². The van der Waals surface area contributed by atoms with Crippen molar-refractivity contribution in [2.24, 2.45) is 0 Å². The molecule has 9 heteroatoms. The van der Waals surface area contributed by atoms with Gasteiger partial charge in [-0.3, -0.25) is 0 Å². The minimum absolute atomic E-state index is 0.0605. The van der Waals surface area contributed by atoms with Crippen molar-refractivity contribution in [1.82, 2.24) is 19.7 Å². The monoisotopic (exact) mass is 351 g/mol. The number of nitrogens with zero attached hydrogens (tertiary/aromatic N) is 4. The van der Waals surface area contributed by atoms with Crippen LogP contribution in [0.3, 0.4) is 0 Å². The Bertz CT molecular complexity index is 837. The number of hydrogen-bond acceptors (Lipinski definition) is 7. The first-order chi connectivity index (χ1) is 11.2. The summed E-state index contributed by atoms with van der Waals surface area (Å²) in [4.78, 5) is 14.2. The van der Waals surface area contributed by atoms with Crippen molar-refractivity contribution in [3.05, 3.63) is 35.2 Å². The fourth-order valence-electron chi connectivity index (χ4n) is 1.88. The Hall–Kier alpha value is -2.26. The molecule has 0 amide bonds. The Morgan fingerprint density at radius 1 is 1.12 bits per heavy atom. The molecule has 1 heterocycles. The molecule has 24 heavy (non-hydrogen) atoms. The molecule has 0 unspecified atom stereocenters. The van der Waals surface area contributed by atoms with Gasteiger partial charge in [-0.15, -0.1) is 0 Å². The minimum atomic E-state index is -3.66. The molecule has 0 aliphatic heterocycles. The van der Waals surface area contributed by atoms with E-state index in [2.05, 4.69) is 19.7 Å². The van der Waals surface area contributed by atoms with Crippen molar-refractivity contribution in [1.29, 1.82) is 0 Å². The molecule has 1 aromatic heterocycles. The molecule has 0 spiro atoms. The van der Waals surface area contributed by atoms with Gasteiger partial charge in [0.1, 0.15) is 0 Å². The van der Waals surface area contributed by atoms with Crippen LogP contribution in [0, 0.1) is 13.8 Å². The summed E-state index contributed by atoms with van der Waals surface area (Å²) in [6.45, 7) is 3.74. The van der Waals surface area contributed by atoms with Crippen LogP contribution in [-0.2, 0) is 16.6 Å². The van der Waals surface area contributed by atoms with Crippen molar-refractivity contribution >= 4 is 16.0 Å². The van der Waals surface area contributed by atoms with Crippen LogP contribution in [0.15, 0.2) is 23.1 Å². The van der Waals surface area contributed by atoms with Gasteiger partial charge in [0.05, 0.1) is 18.6 Å². The third-order valence-corrected chi connectivity index (χ3v) is 4.84. The molecule has 0 saturated carbocycles. The van der Waals surface area contributed by atoms with Crippen LogP contribution in [-0.4, -0.2) is 44.6 Å². The number of methoxy groups -OCH3 is 1. The van der Waals surface area contributed by atoms with E-state index in [1.807, 2.05) is 13.8 Å². The van der Waals surface area contributed by atoms with Crippen molar-refractivity contribution < 1.29 is 13.2 Å². The number of ether oxygens (including phenoxy) is 1. The molecule has 2 rings (SSSR count). The molecule has 0 fully saturated rings. The Balaban J connectivity index is 2.23. The second kappa shape index (κ2) is 7.10. The molecule has 0 radical (unpaired) electrons. The highest BCUT2D eigenvalue weighted by Crippen LogP contribution is 2.15. The molecule has 0 saturated heterocycles. The molecule has 0 bridgehead atoms. The lowest BCUT2D eigenvalue weighted by atomic mass is 10.1. The summed E-state index contributed by atoms with van der Waals surface area (Å²) in [5.74, 6) is 0.667. The largest absolute Gasteiger partial charge is 0.467 e. The van der Waals surface area contributed by atoms with Gasteiger partial charge >= 0.3 is 6.01 Å². The predicted octanol–water partition coefficient (Wildman–Crippen LogP) is 1.04. The third-order valence-electron chi connectivity index (χ3n) is 3.44. The number of hydrogen-bond donors (Lipinski definition) is 1. The topological polar surface area (TPSA) is 97.3 Å². The maximum Gasteiger partial charge on any atom is 0.321 e. The summed E-state index contributed by atoms with van der Waals surface area (Å²) in [5, 5.41) is 0. The van der Waals surface area contributed by atoms with E-state index in [0.717, 1.165) is 11.1 Å². The van der Waals surface area contributed by atoms with Gasteiger partial charge in [-0.05, 0) is 37.1 Å². The zero-order valence-corrected chi connectivity index (χ0v) is 15.2. The summed E-state index contributed by atoms with van der Waals surface area (Å²) in [7, 11) is 1.34. The number of rotatable bonds is 6. The van der Waals surface area contributed by atoms with E-state index in [-0.39, 0.29) is 23.3 Å². The van der Waals surface area contributed by atoms with Gasteiger partial charge in [0.15, 0.2) is 5.82 Å². The first kappa shape index (κ1) is 18.1. The van der Waals surface area contributed by atoms with Gasteiger partial charge < -0.3 is 9.64 Å². The van der Waals surface area contributed by atoms with Gasteiger partial charge in [0.2, 0.25) is 16.0 Å². The zero-order chi connectivity index (χ0) is 17.9. The summed E-state index contributed by atoms with van der Waals surface area (Å²) >= 11 is 0. The predicted molar refractivity (Wildman–Crippen MR) is 90.6 cm³/mol. The summed E-state index contributed by atoms with van der Waals surface area (Å²) in [6.07, 6.45) is 0. The molecule has 8 nitrogen and oxygen atoms in total. The van der Waals surface area contributed by atoms with Crippen molar-refractivity contribution in [3.8, 4) is 6.01 Å². The Morgan fingerprint density at radius 3 is 2.42 bits per heavy atom. The number of benzene rings is 1. The van der Waals surface area contributed by atoms with Crippen molar-refractivity contribution in [2.45, 2.75) is 25.3 Å². The minimum Gasteiger partial charge on any atom is -0.467 e. The molecular weight excluding hydrogens is 330 g/mol. The highest BCUT2D eigenvalue weighted by atomic mass is 32.2. The van der Waals surface area contributed by atoms with E-state index in [9.17, 15) is 8.42 Å². The average Bonchev–Trinajstić information content (AvgIpc) is 2.55. The molecular formula is C15H21N5O3S. The van der Waals surface area contributed by atoms with Crippen LogP contribution in [0.1, 0.15) is 17.0 Å². The van der Waals surface area contributed by atoms with E-state index in [4.69, 9.17) is 4.74 Å². The smallest absolute Gasteiger partial charge is 0.321 e. The van der Waals surface area contributed by atoms with Gasteiger partial charge in [0.25, 0.3) is 0 Å². The van der Waals surface area contributed by atoms with Gasteiger partial charge in [-0.1, -0.05) is 6.07 Å². The maximum atomic E-state index is 12.4. The highest BCUT2D eigenvalue weighted by Gasteiger charge is 2.16. The van der Waals surface area contributed by atoms with Crippen molar-refractivity contribution in [3.63, 3.8) is 0 Å². The Morgan fingerprint density at radius 2 is 1.83 bits per heavy atom. The average molecular weight is 351 g/mol. The number of sulfonamides is 1. The van der Waals surface area contributed by atoms with Crippen LogP contribution in [0.25, 0.3) is 0 Å². The lowest BCUT2D eigenvalue weighted by Crippen LogP contribution is -2.25. The molecule has 1 aromatic carbocycles. The van der Waals surface area contributed by atoms with Crippen LogP contribution < -0.4 is 14.4 Å². The zero-order valence-electron chi connectivity index (χ0n) is 14.4. The van der Waals surface area contributed by atoms with Crippen molar-refractivity contribution in [2.75, 3.05) is 26.1 Å². The fraction of sp³-hybridized carbons (Fsp3) is 0.400. The highest BCUT2D eigenvalue weighted by molar-refractivity contribution is 7.89. The van der Waals surface area contributed by atoms with Gasteiger partial charge in [-0.25, -0.2) is 13.1 Å². The Labute approximate surface area is 142 Å². The van der Waals surface area contributed by atoms with E-state index in [1.54, 1.807) is 37.2 Å². The molecule has 0 aliphatic rings. The molecule has 1 N–H and O–H groups in total. The van der Waals surface area contributed by atoms with Gasteiger partial charge in [0, 0.05) is 14.1 Å². The molecule has 2 aromatic rings. The first-order valence-corrected chi connectivity index (χ1v) is 8.74. The Kier molecular flexibility index (Phi) is 5.35. The summed E-state index contributed by atoms with van der Waals surface area (Å²) < 4.78 is 32.4. The van der Waals surface area contributed by atoms with E-state index < -0.39 is 10.0 Å². The number of nitrogens with one attached hydrogen (secondary N) is 1. The lowest BCUT2D eigenvalue weighted by molar-refractivity contribution is 0.375. The maximum absolute atomic E-state index is 12.4. The standard InChI is InChI=1S/C15H21N5O3S/c1-10-6-7-12(8-11(10)2)24(21,22)16-9-13-17-14(20(3)4)19-15(18-13)23-5/h6-8,16H,9H2,1-5H3. The van der Waals surface area contributed by atoms with E-state index in [1.165, 1.54) is 7.11 Å². The third kappa shape index (κ3) is 4.18.